The third-order valence-electron chi connectivity index (χ3n) is 2.93. The predicted molar refractivity (Wildman–Crippen MR) is 65.9 cm³/mol. The van der Waals surface area contributed by atoms with Crippen LogP contribution in [-0.2, 0) is 4.79 Å². The van der Waals surface area contributed by atoms with E-state index in [2.05, 4.69) is 21.0 Å². The van der Waals surface area contributed by atoms with Crippen molar-refractivity contribution in [2.24, 2.45) is 0 Å². The Bertz CT molecular complexity index is 385. The minimum Gasteiger partial charge on any atom is -0.312 e. The molecule has 1 aromatic heterocycles. The van der Waals surface area contributed by atoms with Gasteiger partial charge in [0.15, 0.2) is 0 Å². The molecule has 1 saturated heterocycles. The second-order valence-corrected chi connectivity index (χ2v) is 4.24. The zero-order chi connectivity index (χ0) is 12.3. The molecule has 0 aliphatic carbocycles. The zero-order valence-corrected chi connectivity index (χ0v) is 10.2. The van der Waals surface area contributed by atoms with Gasteiger partial charge in [-0.05, 0) is 13.5 Å². The van der Waals surface area contributed by atoms with E-state index in [9.17, 15) is 4.79 Å². The van der Waals surface area contributed by atoms with Crippen LogP contribution >= 0.6 is 0 Å². The minimum atomic E-state index is -0.192. The highest BCUT2D eigenvalue weighted by Gasteiger charge is 2.22. The van der Waals surface area contributed by atoms with Crippen molar-refractivity contribution in [2.45, 2.75) is 25.9 Å². The normalized spacial score (nSPS) is 17.5. The maximum atomic E-state index is 11.9. The Kier molecular flexibility index (Phi) is 3.75. The van der Waals surface area contributed by atoms with Crippen molar-refractivity contribution in [3.8, 4) is 0 Å². The highest BCUT2D eigenvalue weighted by atomic mass is 16.2. The first-order chi connectivity index (χ1) is 8.22. The van der Waals surface area contributed by atoms with E-state index in [1.54, 1.807) is 6.20 Å². The van der Waals surface area contributed by atoms with Crippen LogP contribution in [0, 0.1) is 0 Å². The van der Waals surface area contributed by atoms with Gasteiger partial charge < -0.3 is 16.0 Å². The maximum absolute atomic E-state index is 11.9. The van der Waals surface area contributed by atoms with Crippen LogP contribution in [0.2, 0.25) is 0 Å². The highest BCUT2D eigenvalue weighted by molar-refractivity contribution is 5.93. The number of anilines is 1. The van der Waals surface area contributed by atoms with E-state index in [-0.39, 0.29) is 11.9 Å². The number of hydrogen-bond acceptors (Lipinski definition) is 4. The van der Waals surface area contributed by atoms with Crippen LogP contribution in [0.4, 0.5) is 5.82 Å². The molecule has 1 atom stereocenters. The lowest BCUT2D eigenvalue weighted by Gasteiger charge is -2.29. The molecule has 1 unspecified atom stereocenters. The van der Waals surface area contributed by atoms with Gasteiger partial charge in [0, 0.05) is 19.2 Å². The highest BCUT2D eigenvalue weighted by Crippen LogP contribution is 2.17. The Balaban J connectivity index is 1.98. The van der Waals surface area contributed by atoms with E-state index < -0.39 is 0 Å². The van der Waals surface area contributed by atoms with Crippen molar-refractivity contribution < 1.29 is 4.79 Å². The summed E-state index contributed by atoms with van der Waals surface area (Å²) in [5.41, 5.74) is 0. The first-order valence-corrected chi connectivity index (χ1v) is 6.01. The van der Waals surface area contributed by atoms with E-state index in [4.69, 9.17) is 0 Å². The van der Waals surface area contributed by atoms with Crippen LogP contribution < -0.4 is 16.0 Å². The largest absolute Gasteiger partial charge is 0.312 e. The van der Waals surface area contributed by atoms with E-state index in [1.807, 2.05) is 24.6 Å². The number of carbonyl (C=O) groups is 1. The van der Waals surface area contributed by atoms with Gasteiger partial charge >= 0.3 is 0 Å². The first kappa shape index (κ1) is 12.1. The van der Waals surface area contributed by atoms with Gasteiger partial charge in [-0.15, -0.1) is 0 Å². The Morgan fingerprint density at radius 1 is 1.71 bits per heavy atom. The summed E-state index contributed by atoms with van der Waals surface area (Å²) in [7, 11) is 0. The number of amides is 1. The molecule has 6 heteroatoms. The van der Waals surface area contributed by atoms with Crippen LogP contribution in [0.1, 0.15) is 19.9 Å². The second kappa shape index (κ2) is 5.29. The molecular formula is C11H19N5O. The van der Waals surface area contributed by atoms with Gasteiger partial charge in [0.05, 0.1) is 18.3 Å². The number of nitrogens with zero attached hydrogens (tertiary/aromatic N) is 2. The molecule has 0 saturated carbocycles. The number of hydrogen-bond donors (Lipinski definition) is 3. The lowest BCUT2D eigenvalue weighted by Crippen LogP contribution is -2.45. The molecule has 1 aliphatic heterocycles. The average molecular weight is 237 g/mol. The monoisotopic (exact) mass is 237 g/mol. The SMILES string of the molecule is CCNC(C)C(=O)Nc1ccnn1C1CNC1. The summed E-state index contributed by atoms with van der Waals surface area (Å²) >= 11 is 0. The average Bonchev–Trinajstić information content (AvgIpc) is 2.64. The summed E-state index contributed by atoms with van der Waals surface area (Å²) in [5, 5.41) is 13.4. The van der Waals surface area contributed by atoms with Crippen LogP contribution in [0.25, 0.3) is 0 Å². The summed E-state index contributed by atoms with van der Waals surface area (Å²) in [6.45, 7) is 6.43. The summed E-state index contributed by atoms with van der Waals surface area (Å²) in [6, 6.07) is 1.99. The number of likely N-dealkylation sites (N-methyl/N-ethyl adjacent to an activating group) is 1. The van der Waals surface area contributed by atoms with Gasteiger partial charge in [0.1, 0.15) is 5.82 Å². The van der Waals surface area contributed by atoms with Crippen molar-refractivity contribution in [1.29, 1.82) is 0 Å². The molecule has 0 bridgehead atoms. The van der Waals surface area contributed by atoms with Crippen molar-refractivity contribution in [2.75, 3.05) is 25.0 Å². The summed E-state index contributed by atoms with van der Waals surface area (Å²) in [6.07, 6.45) is 1.71. The molecule has 17 heavy (non-hydrogen) atoms. The third kappa shape index (κ3) is 2.65. The topological polar surface area (TPSA) is 71.0 Å². The third-order valence-corrected chi connectivity index (χ3v) is 2.93. The molecule has 2 heterocycles. The maximum Gasteiger partial charge on any atom is 0.242 e. The van der Waals surface area contributed by atoms with Gasteiger partial charge in [0.25, 0.3) is 0 Å². The summed E-state index contributed by atoms with van der Waals surface area (Å²) in [4.78, 5) is 11.9. The van der Waals surface area contributed by atoms with Crippen LogP contribution in [0.5, 0.6) is 0 Å². The lowest BCUT2D eigenvalue weighted by atomic mass is 10.2. The molecule has 0 radical (unpaired) electrons. The fraction of sp³-hybridized carbons (Fsp3) is 0.636. The van der Waals surface area contributed by atoms with Crippen molar-refractivity contribution in [3.63, 3.8) is 0 Å². The lowest BCUT2D eigenvalue weighted by molar-refractivity contribution is -0.117. The molecule has 2 rings (SSSR count). The Morgan fingerprint density at radius 2 is 2.47 bits per heavy atom. The first-order valence-electron chi connectivity index (χ1n) is 6.01. The minimum absolute atomic E-state index is 0.0270. The van der Waals surface area contributed by atoms with Crippen LogP contribution in [0.3, 0.4) is 0 Å². The molecule has 1 amide bonds. The number of nitrogens with one attached hydrogen (secondary N) is 3. The Hall–Kier alpha value is -1.40. The standard InChI is InChI=1S/C11H19N5O/c1-3-13-8(2)11(17)15-10-4-5-14-16(10)9-6-12-7-9/h4-5,8-9,12-13H,3,6-7H2,1-2H3,(H,15,17). The van der Waals surface area contributed by atoms with Crippen LogP contribution in [0.15, 0.2) is 12.3 Å². The molecule has 94 valence electrons. The fourth-order valence-electron chi connectivity index (χ4n) is 1.78. The van der Waals surface area contributed by atoms with E-state index in [0.29, 0.717) is 6.04 Å². The quantitative estimate of drug-likeness (QED) is 0.672. The van der Waals surface area contributed by atoms with Gasteiger partial charge in [0.2, 0.25) is 5.91 Å². The Labute approximate surface area is 101 Å². The predicted octanol–water partition coefficient (Wildman–Crippen LogP) is -0.0361. The number of rotatable bonds is 5. The molecule has 1 aromatic rings. The molecule has 0 aromatic carbocycles. The fourth-order valence-corrected chi connectivity index (χ4v) is 1.78. The number of carbonyl (C=O) groups excluding carboxylic acids is 1. The summed E-state index contributed by atoms with van der Waals surface area (Å²) in [5.74, 6) is 0.743. The molecular weight excluding hydrogens is 218 g/mol. The second-order valence-electron chi connectivity index (χ2n) is 4.24. The van der Waals surface area contributed by atoms with E-state index in [0.717, 1.165) is 25.5 Å². The number of aromatic nitrogens is 2. The summed E-state index contributed by atoms with van der Waals surface area (Å²) < 4.78 is 1.87. The molecule has 3 N–H and O–H groups in total. The van der Waals surface area contributed by atoms with E-state index in [1.165, 1.54) is 0 Å². The van der Waals surface area contributed by atoms with E-state index >= 15 is 0 Å². The zero-order valence-electron chi connectivity index (χ0n) is 10.2. The smallest absolute Gasteiger partial charge is 0.242 e. The van der Waals surface area contributed by atoms with Gasteiger partial charge in [-0.2, -0.15) is 5.10 Å². The Morgan fingerprint density at radius 3 is 3.06 bits per heavy atom. The molecule has 6 nitrogen and oxygen atoms in total. The molecule has 1 fully saturated rings. The van der Waals surface area contributed by atoms with Gasteiger partial charge in [-0.3, -0.25) is 4.79 Å². The van der Waals surface area contributed by atoms with Gasteiger partial charge in [-0.25, -0.2) is 4.68 Å². The van der Waals surface area contributed by atoms with Crippen molar-refractivity contribution >= 4 is 11.7 Å². The molecule has 0 spiro atoms. The van der Waals surface area contributed by atoms with Crippen molar-refractivity contribution in [3.05, 3.63) is 12.3 Å². The van der Waals surface area contributed by atoms with Gasteiger partial charge in [-0.1, -0.05) is 6.92 Å². The molecule has 1 aliphatic rings. The van der Waals surface area contributed by atoms with Crippen molar-refractivity contribution in [1.82, 2.24) is 20.4 Å². The van der Waals surface area contributed by atoms with Crippen LogP contribution in [-0.4, -0.2) is 41.4 Å².